The van der Waals surface area contributed by atoms with Gasteiger partial charge in [0.25, 0.3) is 0 Å². The molecule has 4 nitrogen and oxygen atoms in total. The number of halogens is 1. The van der Waals surface area contributed by atoms with Crippen LogP contribution >= 0.6 is 12.4 Å². The maximum absolute atomic E-state index is 11.4. The summed E-state index contributed by atoms with van der Waals surface area (Å²) < 4.78 is 5.15. The maximum atomic E-state index is 11.4. The maximum Gasteiger partial charge on any atom is 0.246 e. The third kappa shape index (κ3) is 4.60. The lowest BCUT2D eigenvalue weighted by Crippen LogP contribution is -2.39. The molecule has 14 heavy (non-hydrogen) atoms. The smallest absolute Gasteiger partial charge is 0.246 e. The Balaban J connectivity index is 0.00000169. The number of nitrogens with one attached hydrogen (secondary N) is 1. The molecule has 1 fully saturated rings. The van der Waals surface area contributed by atoms with Crippen LogP contribution in [0.4, 0.5) is 0 Å². The van der Waals surface area contributed by atoms with Crippen LogP contribution in [0.3, 0.4) is 0 Å². The van der Waals surface area contributed by atoms with Crippen molar-refractivity contribution in [1.82, 2.24) is 10.2 Å². The van der Waals surface area contributed by atoms with Crippen LogP contribution in [0.25, 0.3) is 0 Å². The molecule has 1 rings (SSSR count). The molecule has 1 heterocycles. The first kappa shape index (κ1) is 13.4. The first-order chi connectivity index (χ1) is 6.34. The molecule has 0 aliphatic carbocycles. The zero-order valence-electron chi connectivity index (χ0n) is 8.36. The van der Waals surface area contributed by atoms with Gasteiger partial charge in [-0.2, -0.15) is 0 Å². The van der Waals surface area contributed by atoms with E-state index in [0.717, 1.165) is 6.54 Å². The molecule has 82 valence electrons. The van der Waals surface area contributed by atoms with E-state index in [2.05, 4.69) is 5.32 Å². The van der Waals surface area contributed by atoms with Crippen LogP contribution in [0.2, 0.25) is 0 Å². The van der Waals surface area contributed by atoms with Crippen molar-refractivity contribution in [2.24, 2.45) is 0 Å². The molecule has 1 amide bonds. The molecule has 0 bridgehead atoms. The SMILES string of the molecule is CNC/C=C/C(=O)N1CCOCC1.Cl. The van der Waals surface area contributed by atoms with Crippen LogP contribution in [0.5, 0.6) is 0 Å². The molecule has 0 aromatic heterocycles. The van der Waals surface area contributed by atoms with E-state index in [4.69, 9.17) is 4.74 Å². The lowest BCUT2D eigenvalue weighted by atomic mass is 10.3. The van der Waals surface area contributed by atoms with E-state index in [-0.39, 0.29) is 18.3 Å². The average molecular weight is 221 g/mol. The van der Waals surface area contributed by atoms with Crippen molar-refractivity contribution < 1.29 is 9.53 Å². The van der Waals surface area contributed by atoms with Crippen molar-refractivity contribution in [2.75, 3.05) is 39.9 Å². The van der Waals surface area contributed by atoms with E-state index < -0.39 is 0 Å². The van der Waals surface area contributed by atoms with Gasteiger partial charge in [0.05, 0.1) is 13.2 Å². The van der Waals surface area contributed by atoms with Crippen molar-refractivity contribution in [3.05, 3.63) is 12.2 Å². The Morgan fingerprint density at radius 1 is 1.50 bits per heavy atom. The van der Waals surface area contributed by atoms with Crippen LogP contribution in [0.1, 0.15) is 0 Å². The van der Waals surface area contributed by atoms with E-state index in [1.54, 1.807) is 11.0 Å². The predicted octanol–water partition coefficient (Wildman–Crippen LogP) is 0.0426. The summed E-state index contributed by atoms with van der Waals surface area (Å²) in [6, 6.07) is 0. The highest BCUT2D eigenvalue weighted by atomic mass is 35.5. The van der Waals surface area contributed by atoms with E-state index >= 15 is 0 Å². The number of nitrogens with zero attached hydrogens (tertiary/aromatic N) is 1. The third-order valence-corrected chi connectivity index (χ3v) is 1.91. The number of hydrogen-bond acceptors (Lipinski definition) is 3. The minimum atomic E-state index is 0. The molecule has 5 heteroatoms. The number of morpholine rings is 1. The fraction of sp³-hybridized carbons (Fsp3) is 0.667. The number of ether oxygens (including phenoxy) is 1. The fourth-order valence-electron chi connectivity index (χ4n) is 1.17. The summed E-state index contributed by atoms with van der Waals surface area (Å²) in [6.45, 7) is 3.47. The summed E-state index contributed by atoms with van der Waals surface area (Å²) in [4.78, 5) is 13.2. The predicted molar refractivity (Wildman–Crippen MR) is 57.7 cm³/mol. The first-order valence-corrected chi connectivity index (χ1v) is 4.52. The quantitative estimate of drug-likeness (QED) is 0.684. The van der Waals surface area contributed by atoms with Crippen LogP contribution in [0, 0.1) is 0 Å². The molecule has 0 atom stereocenters. The van der Waals surface area contributed by atoms with Gasteiger partial charge in [0.15, 0.2) is 0 Å². The van der Waals surface area contributed by atoms with Crippen molar-refractivity contribution in [3.8, 4) is 0 Å². The van der Waals surface area contributed by atoms with Gasteiger partial charge in [0.2, 0.25) is 5.91 Å². The molecule has 1 saturated heterocycles. The summed E-state index contributed by atoms with van der Waals surface area (Å²) in [7, 11) is 1.85. The van der Waals surface area contributed by atoms with E-state index in [1.165, 1.54) is 0 Å². The molecule has 0 spiro atoms. The number of rotatable bonds is 3. The monoisotopic (exact) mass is 220 g/mol. The second kappa shape index (κ2) is 7.79. The van der Waals surface area contributed by atoms with Gasteiger partial charge >= 0.3 is 0 Å². The molecule has 0 radical (unpaired) electrons. The zero-order valence-corrected chi connectivity index (χ0v) is 9.18. The number of likely N-dealkylation sites (N-methyl/N-ethyl adjacent to an activating group) is 1. The standard InChI is InChI=1S/C9H16N2O2.ClH/c1-10-4-2-3-9(12)11-5-7-13-8-6-11;/h2-3,10H,4-8H2,1H3;1H/b3-2+;. The largest absolute Gasteiger partial charge is 0.378 e. The Kier molecular flexibility index (Phi) is 7.47. The highest BCUT2D eigenvalue weighted by Crippen LogP contribution is 1.97. The van der Waals surface area contributed by atoms with E-state index in [0.29, 0.717) is 26.3 Å². The van der Waals surface area contributed by atoms with Crippen LogP contribution in [-0.2, 0) is 9.53 Å². The molecule has 1 aliphatic rings. The third-order valence-electron chi connectivity index (χ3n) is 1.91. The Morgan fingerprint density at radius 2 is 2.14 bits per heavy atom. The summed E-state index contributed by atoms with van der Waals surface area (Å²) in [6.07, 6.45) is 3.44. The second-order valence-corrected chi connectivity index (χ2v) is 2.90. The van der Waals surface area contributed by atoms with Gasteiger partial charge in [-0.15, -0.1) is 12.4 Å². The Bertz CT molecular complexity index is 191. The summed E-state index contributed by atoms with van der Waals surface area (Å²) in [5.41, 5.74) is 0. The second-order valence-electron chi connectivity index (χ2n) is 2.90. The minimum Gasteiger partial charge on any atom is -0.378 e. The van der Waals surface area contributed by atoms with E-state index in [1.807, 2.05) is 13.1 Å². The van der Waals surface area contributed by atoms with Gasteiger partial charge in [-0.25, -0.2) is 0 Å². The lowest BCUT2D eigenvalue weighted by Gasteiger charge is -2.25. The molecule has 1 aliphatic heterocycles. The van der Waals surface area contributed by atoms with Crippen molar-refractivity contribution >= 4 is 18.3 Å². The van der Waals surface area contributed by atoms with Gasteiger partial charge < -0.3 is 15.0 Å². The number of hydrogen-bond donors (Lipinski definition) is 1. The van der Waals surface area contributed by atoms with Crippen LogP contribution in [0.15, 0.2) is 12.2 Å². The molecule has 0 aromatic carbocycles. The van der Waals surface area contributed by atoms with Crippen molar-refractivity contribution in [3.63, 3.8) is 0 Å². The molecular formula is C9H17ClN2O2. The van der Waals surface area contributed by atoms with Gasteiger partial charge in [-0.05, 0) is 7.05 Å². The summed E-state index contributed by atoms with van der Waals surface area (Å²) in [5, 5.41) is 2.94. The summed E-state index contributed by atoms with van der Waals surface area (Å²) in [5.74, 6) is 0.0820. The van der Waals surface area contributed by atoms with Gasteiger partial charge in [-0.3, -0.25) is 4.79 Å². The lowest BCUT2D eigenvalue weighted by molar-refractivity contribution is -0.129. The Hall–Kier alpha value is -0.580. The normalized spacial score (nSPS) is 16.8. The average Bonchev–Trinajstić information content (AvgIpc) is 2.19. The number of carbonyl (C=O) groups is 1. The zero-order chi connectivity index (χ0) is 9.52. The van der Waals surface area contributed by atoms with Crippen molar-refractivity contribution in [1.29, 1.82) is 0 Å². The highest BCUT2D eigenvalue weighted by Gasteiger charge is 2.13. The van der Waals surface area contributed by atoms with Crippen LogP contribution < -0.4 is 5.32 Å². The number of carbonyl (C=O) groups excluding carboxylic acids is 1. The fourth-order valence-corrected chi connectivity index (χ4v) is 1.17. The molecule has 0 saturated carbocycles. The molecular weight excluding hydrogens is 204 g/mol. The van der Waals surface area contributed by atoms with Gasteiger partial charge in [0, 0.05) is 25.7 Å². The van der Waals surface area contributed by atoms with Gasteiger partial charge in [-0.1, -0.05) is 6.08 Å². The van der Waals surface area contributed by atoms with Crippen LogP contribution in [-0.4, -0.2) is 50.7 Å². The molecule has 0 unspecified atom stereocenters. The van der Waals surface area contributed by atoms with Crippen molar-refractivity contribution in [2.45, 2.75) is 0 Å². The van der Waals surface area contributed by atoms with E-state index in [9.17, 15) is 4.79 Å². The molecule has 1 N–H and O–H groups in total. The topological polar surface area (TPSA) is 41.6 Å². The summed E-state index contributed by atoms with van der Waals surface area (Å²) >= 11 is 0. The van der Waals surface area contributed by atoms with Gasteiger partial charge in [0.1, 0.15) is 0 Å². The Labute approximate surface area is 90.7 Å². The highest BCUT2D eigenvalue weighted by molar-refractivity contribution is 5.87. The number of amides is 1. The first-order valence-electron chi connectivity index (χ1n) is 4.52. The molecule has 0 aromatic rings. The Morgan fingerprint density at radius 3 is 2.71 bits per heavy atom. The minimum absolute atomic E-state index is 0.